The maximum Gasteiger partial charge on any atom is 0.298 e. The molecule has 0 saturated carbocycles. The fourth-order valence-corrected chi connectivity index (χ4v) is 4.15. The Hall–Kier alpha value is -1.96. The lowest BCUT2D eigenvalue weighted by Gasteiger charge is -2.13. The van der Waals surface area contributed by atoms with Crippen LogP contribution in [0.4, 0.5) is 10.5 Å². The second-order valence-corrected chi connectivity index (χ2v) is 7.74. The average Bonchev–Trinajstić information content (AvgIpc) is 2.90. The van der Waals surface area contributed by atoms with Crippen molar-refractivity contribution in [3.05, 3.63) is 56.4 Å². The van der Waals surface area contributed by atoms with Gasteiger partial charge in [-0.3, -0.25) is 9.59 Å². The van der Waals surface area contributed by atoms with Crippen LogP contribution in [0, 0.1) is 0 Å². The molecule has 0 aromatic heterocycles. The number of benzene rings is 2. The maximum absolute atomic E-state index is 12.7. The van der Waals surface area contributed by atoms with Gasteiger partial charge >= 0.3 is 0 Å². The first-order chi connectivity index (χ1) is 12.9. The number of thioether (sulfide) groups is 1. The molecule has 8 heteroatoms. The van der Waals surface area contributed by atoms with Crippen molar-refractivity contribution < 1.29 is 19.1 Å². The van der Waals surface area contributed by atoms with Crippen molar-refractivity contribution >= 4 is 62.2 Å². The van der Waals surface area contributed by atoms with E-state index in [-0.39, 0.29) is 11.1 Å². The maximum atomic E-state index is 12.7. The minimum atomic E-state index is -0.378. The van der Waals surface area contributed by atoms with Crippen LogP contribution in [0.1, 0.15) is 12.5 Å². The van der Waals surface area contributed by atoms with Crippen molar-refractivity contribution in [2.45, 2.75) is 6.92 Å². The summed E-state index contributed by atoms with van der Waals surface area (Å²) >= 11 is 10.2. The number of imide groups is 1. The minimum absolute atomic E-state index is 0.328. The summed E-state index contributed by atoms with van der Waals surface area (Å²) in [5.41, 5.74) is 1.20. The Bertz CT molecular complexity index is 930. The highest BCUT2D eigenvalue weighted by molar-refractivity contribution is 9.10. The Kier molecular flexibility index (Phi) is 6.14. The summed E-state index contributed by atoms with van der Waals surface area (Å²) in [4.78, 5) is 26.5. The molecule has 1 fully saturated rings. The Morgan fingerprint density at radius 3 is 2.56 bits per heavy atom. The van der Waals surface area contributed by atoms with E-state index in [2.05, 4.69) is 15.9 Å². The zero-order valence-electron chi connectivity index (χ0n) is 14.5. The number of rotatable bonds is 5. The lowest BCUT2D eigenvalue weighted by atomic mass is 10.1. The first kappa shape index (κ1) is 19.8. The minimum Gasteiger partial charge on any atom is -0.492 e. The van der Waals surface area contributed by atoms with Crippen molar-refractivity contribution in [1.29, 1.82) is 0 Å². The second kappa shape index (κ2) is 8.37. The van der Waals surface area contributed by atoms with Crippen molar-refractivity contribution in [2.24, 2.45) is 0 Å². The molecule has 0 atom stereocenters. The monoisotopic (exact) mass is 467 g/mol. The highest BCUT2D eigenvalue weighted by atomic mass is 79.9. The van der Waals surface area contributed by atoms with Crippen LogP contribution in [0.25, 0.3) is 6.08 Å². The number of halogens is 2. The number of carbonyl (C=O) groups excluding carboxylic acids is 2. The summed E-state index contributed by atoms with van der Waals surface area (Å²) in [5, 5.41) is 0.180. The normalized spacial score (nSPS) is 15.6. The molecular formula is C19H15BrClNO4S. The molecule has 0 spiro atoms. The molecule has 1 heterocycles. The van der Waals surface area contributed by atoms with Crippen LogP contribution < -0.4 is 14.4 Å². The Morgan fingerprint density at radius 2 is 1.93 bits per heavy atom. The summed E-state index contributed by atoms with van der Waals surface area (Å²) < 4.78 is 11.6. The Morgan fingerprint density at radius 1 is 1.22 bits per heavy atom. The number of nitrogens with zero attached hydrogens (tertiary/aromatic N) is 1. The fraction of sp³-hybridized carbons (Fsp3) is 0.158. The number of ether oxygens (including phenoxy) is 2. The van der Waals surface area contributed by atoms with Gasteiger partial charge in [-0.25, -0.2) is 4.90 Å². The highest BCUT2D eigenvalue weighted by Gasteiger charge is 2.36. The number of methoxy groups -OCH3 is 1. The Labute approximate surface area is 174 Å². The molecule has 0 N–H and O–H groups in total. The molecule has 1 aliphatic heterocycles. The molecule has 2 aromatic rings. The van der Waals surface area contributed by atoms with Gasteiger partial charge in [0.15, 0.2) is 11.5 Å². The quantitative estimate of drug-likeness (QED) is 0.523. The van der Waals surface area contributed by atoms with E-state index in [0.717, 1.165) is 16.7 Å². The van der Waals surface area contributed by atoms with Crippen molar-refractivity contribution in [2.75, 3.05) is 18.6 Å². The predicted molar refractivity (Wildman–Crippen MR) is 112 cm³/mol. The number of hydrogen-bond acceptors (Lipinski definition) is 5. The van der Waals surface area contributed by atoms with E-state index in [9.17, 15) is 9.59 Å². The second-order valence-electron chi connectivity index (χ2n) is 5.46. The number of carbonyl (C=O) groups is 2. The van der Waals surface area contributed by atoms with Gasteiger partial charge in [0.25, 0.3) is 11.1 Å². The third-order valence-corrected chi connectivity index (χ3v) is 5.42. The molecule has 27 heavy (non-hydrogen) atoms. The summed E-state index contributed by atoms with van der Waals surface area (Å²) in [7, 11) is 1.56. The molecule has 5 nitrogen and oxygen atoms in total. The SMILES string of the molecule is CCOc1cc(C=C2SC(=O)N(c3ccc(Cl)cc3)C2=O)cc(Br)c1OC. The summed E-state index contributed by atoms with van der Waals surface area (Å²) in [6.45, 7) is 2.34. The molecule has 2 amide bonds. The van der Waals surface area contributed by atoms with Crippen LogP contribution in [0.5, 0.6) is 11.5 Å². The van der Waals surface area contributed by atoms with Gasteiger partial charge in [0, 0.05) is 5.02 Å². The van der Waals surface area contributed by atoms with E-state index >= 15 is 0 Å². The van der Waals surface area contributed by atoms with E-state index in [0.29, 0.717) is 43.8 Å². The smallest absolute Gasteiger partial charge is 0.298 e. The molecule has 1 aliphatic rings. The van der Waals surface area contributed by atoms with Crippen molar-refractivity contribution in [3.8, 4) is 11.5 Å². The van der Waals surface area contributed by atoms with Gasteiger partial charge in [-0.2, -0.15) is 0 Å². The molecule has 3 rings (SSSR count). The van der Waals surface area contributed by atoms with Gasteiger partial charge < -0.3 is 9.47 Å². The van der Waals surface area contributed by atoms with E-state index < -0.39 is 0 Å². The van der Waals surface area contributed by atoms with Crippen LogP contribution in [0.3, 0.4) is 0 Å². The molecule has 0 bridgehead atoms. The van der Waals surface area contributed by atoms with Crippen LogP contribution in [-0.4, -0.2) is 24.9 Å². The molecule has 0 radical (unpaired) electrons. The third-order valence-electron chi connectivity index (χ3n) is 3.71. The topological polar surface area (TPSA) is 55.8 Å². The number of anilines is 1. The zero-order chi connectivity index (χ0) is 19.6. The number of amides is 2. The van der Waals surface area contributed by atoms with Crippen molar-refractivity contribution in [3.63, 3.8) is 0 Å². The lowest BCUT2D eigenvalue weighted by Crippen LogP contribution is -2.27. The van der Waals surface area contributed by atoms with Gasteiger partial charge in [0.1, 0.15) is 0 Å². The lowest BCUT2D eigenvalue weighted by molar-refractivity contribution is -0.113. The van der Waals surface area contributed by atoms with E-state index in [1.54, 1.807) is 49.6 Å². The number of hydrogen-bond donors (Lipinski definition) is 0. The highest BCUT2D eigenvalue weighted by Crippen LogP contribution is 2.40. The average molecular weight is 469 g/mol. The fourth-order valence-electron chi connectivity index (χ4n) is 2.56. The van der Waals surface area contributed by atoms with Gasteiger partial charge in [0.2, 0.25) is 0 Å². The predicted octanol–water partition coefficient (Wildman–Crippen LogP) is 5.75. The van der Waals surface area contributed by atoms with Gasteiger partial charge in [-0.05, 0) is 82.7 Å². The summed E-state index contributed by atoms with van der Waals surface area (Å²) in [6.07, 6.45) is 1.66. The van der Waals surface area contributed by atoms with Crippen LogP contribution >= 0.6 is 39.3 Å². The van der Waals surface area contributed by atoms with Crippen LogP contribution in [0.15, 0.2) is 45.8 Å². The standard InChI is InChI=1S/C19H15BrClNO4S/c1-3-26-15-9-11(8-14(20)17(15)25-2)10-16-18(23)22(19(24)27-16)13-6-4-12(21)5-7-13/h4-10H,3H2,1-2H3. The molecule has 0 unspecified atom stereocenters. The molecule has 0 aliphatic carbocycles. The van der Waals surface area contributed by atoms with Crippen LogP contribution in [0.2, 0.25) is 5.02 Å². The third kappa shape index (κ3) is 4.15. The van der Waals surface area contributed by atoms with Crippen LogP contribution in [-0.2, 0) is 4.79 Å². The van der Waals surface area contributed by atoms with E-state index in [1.165, 1.54) is 0 Å². The summed E-state index contributed by atoms with van der Waals surface area (Å²) in [6, 6.07) is 10.1. The van der Waals surface area contributed by atoms with Gasteiger partial charge in [-0.15, -0.1) is 0 Å². The van der Waals surface area contributed by atoms with Gasteiger partial charge in [-0.1, -0.05) is 11.6 Å². The summed E-state index contributed by atoms with van der Waals surface area (Å²) in [5.74, 6) is 0.748. The molecule has 1 saturated heterocycles. The molecule has 140 valence electrons. The Balaban J connectivity index is 1.95. The first-order valence-electron chi connectivity index (χ1n) is 7.98. The zero-order valence-corrected chi connectivity index (χ0v) is 17.7. The first-order valence-corrected chi connectivity index (χ1v) is 9.97. The van der Waals surface area contributed by atoms with Gasteiger partial charge in [0.05, 0.1) is 28.8 Å². The molecular weight excluding hydrogens is 454 g/mol. The molecule has 2 aromatic carbocycles. The van der Waals surface area contributed by atoms with E-state index in [1.807, 2.05) is 6.92 Å². The van der Waals surface area contributed by atoms with Crippen molar-refractivity contribution in [1.82, 2.24) is 0 Å². The van der Waals surface area contributed by atoms with E-state index in [4.69, 9.17) is 21.1 Å². The largest absolute Gasteiger partial charge is 0.492 e.